The molecule has 0 spiro atoms. The summed E-state index contributed by atoms with van der Waals surface area (Å²) in [5.74, 6) is 1.08. The molecule has 4 rings (SSSR count). The Morgan fingerprint density at radius 2 is 1.89 bits per heavy atom. The second kappa shape index (κ2) is 3.84. The first-order valence-electron chi connectivity index (χ1n) is 7.18. The number of allylic oxidation sites excluding steroid dienone is 14. The van der Waals surface area contributed by atoms with Gasteiger partial charge in [-0.1, -0.05) is 62.5 Å². The normalized spacial score (nSPS) is 26.8. The minimum Gasteiger partial charge on any atom is -0.0795 e. The number of rotatable bonds is 1. The zero-order valence-corrected chi connectivity index (χ0v) is 11.5. The van der Waals surface area contributed by atoms with Gasteiger partial charge in [-0.3, -0.25) is 0 Å². The van der Waals surface area contributed by atoms with Crippen molar-refractivity contribution in [3.05, 3.63) is 82.0 Å². The van der Waals surface area contributed by atoms with Gasteiger partial charge in [0.1, 0.15) is 0 Å². The van der Waals surface area contributed by atoms with Crippen LogP contribution in [0.4, 0.5) is 0 Å². The highest BCUT2D eigenvalue weighted by Crippen LogP contribution is 2.48. The maximum absolute atomic E-state index is 2.36. The third-order valence-corrected chi connectivity index (χ3v) is 4.56. The van der Waals surface area contributed by atoms with Crippen LogP contribution in [-0.2, 0) is 0 Å². The molecule has 0 aromatic carbocycles. The van der Waals surface area contributed by atoms with Crippen molar-refractivity contribution in [3.8, 4) is 0 Å². The summed E-state index contributed by atoms with van der Waals surface area (Å²) in [6.45, 7) is 4.58. The molecule has 0 fully saturated rings. The smallest absolute Gasteiger partial charge is 0.0351 e. The Morgan fingerprint density at radius 1 is 1.00 bits per heavy atom. The summed E-state index contributed by atoms with van der Waals surface area (Å²) in [5, 5.41) is 0. The van der Waals surface area contributed by atoms with Gasteiger partial charge in [0.15, 0.2) is 0 Å². The van der Waals surface area contributed by atoms with Crippen molar-refractivity contribution < 1.29 is 0 Å². The quantitative estimate of drug-likeness (QED) is 0.622. The summed E-state index contributed by atoms with van der Waals surface area (Å²) in [4.78, 5) is 0. The van der Waals surface area contributed by atoms with E-state index in [0.29, 0.717) is 11.8 Å². The van der Waals surface area contributed by atoms with Gasteiger partial charge in [0.2, 0.25) is 0 Å². The van der Waals surface area contributed by atoms with Gasteiger partial charge in [-0.05, 0) is 45.8 Å². The average Bonchev–Trinajstić information content (AvgIpc) is 2.44. The van der Waals surface area contributed by atoms with Crippen LogP contribution in [-0.4, -0.2) is 0 Å². The monoisotopic (exact) mass is 246 g/mol. The Hall–Kier alpha value is -1.82. The summed E-state index contributed by atoms with van der Waals surface area (Å²) < 4.78 is 0. The summed E-state index contributed by atoms with van der Waals surface area (Å²) in [6.07, 6.45) is 19.6. The number of hydrogen-bond donors (Lipinski definition) is 0. The molecule has 0 bridgehead atoms. The summed E-state index contributed by atoms with van der Waals surface area (Å²) >= 11 is 0. The summed E-state index contributed by atoms with van der Waals surface area (Å²) in [7, 11) is 0. The molecule has 0 saturated heterocycles. The Morgan fingerprint density at radius 3 is 2.74 bits per heavy atom. The Labute approximate surface area is 114 Å². The van der Waals surface area contributed by atoms with E-state index in [0.717, 1.165) is 6.42 Å². The summed E-state index contributed by atoms with van der Waals surface area (Å²) in [5.41, 5.74) is 8.95. The molecule has 0 aromatic heterocycles. The third kappa shape index (κ3) is 1.46. The first-order chi connectivity index (χ1) is 9.25. The van der Waals surface area contributed by atoms with E-state index in [1.807, 2.05) is 0 Å². The molecule has 0 N–H and O–H groups in total. The highest BCUT2D eigenvalue weighted by molar-refractivity contribution is 5.68. The predicted molar refractivity (Wildman–Crippen MR) is 80.6 cm³/mol. The second-order valence-corrected chi connectivity index (χ2v) is 6.00. The zero-order chi connectivity index (χ0) is 13.0. The van der Waals surface area contributed by atoms with Gasteiger partial charge < -0.3 is 0 Å². The standard InChI is InChI=1S/C19H18/c1-12(2)16-10-8-15-7-6-13-4-3-5-14-9-11-17(16)19(15)18(13)14/h3-4,6-12,19H,5H2,1-2H3. The zero-order valence-electron chi connectivity index (χ0n) is 11.5. The van der Waals surface area contributed by atoms with Gasteiger partial charge in [-0.2, -0.15) is 0 Å². The fraction of sp³-hybridized carbons (Fsp3) is 0.263. The Kier molecular flexibility index (Phi) is 2.23. The lowest BCUT2D eigenvalue weighted by atomic mass is 9.67. The third-order valence-electron chi connectivity index (χ3n) is 4.56. The lowest BCUT2D eigenvalue weighted by molar-refractivity contribution is 0.735. The van der Waals surface area contributed by atoms with Crippen molar-refractivity contribution in [3.63, 3.8) is 0 Å². The van der Waals surface area contributed by atoms with Crippen LogP contribution in [0.2, 0.25) is 0 Å². The molecule has 94 valence electrons. The molecule has 0 amide bonds. The molecule has 19 heavy (non-hydrogen) atoms. The molecule has 0 heterocycles. The van der Waals surface area contributed by atoms with Crippen LogP contribution in [0.25, 0.3) is 0 Å². The minimum absolute atomic E-state index is 0.493. The van der Waals surface area contributed by atoms with Crippen LogP contribution < -0.4 is 0 Å². The summed E-state index contributed by atoms with van der Waals surface area (Å²) in [6, 6.07) is 0. The molecule has 0 aliphatic heterocycles. The molecule has 4 aliphatic rings. The van der Waals surface area contributed by atoms with Gasteiger partial charge in [0.25, 0.3) is 0 Å². The van der Waals surface area contributed by atoms with Crippen molar-refractivity contribution in [2.24, 2.45) is 11.8 Å². The van der Waals surface area contributed by atoms with Gasteiger partial charge in [-0.15, -0.1) is 0 Å². The van der Waals surface area contributed by atoms with E-state index in [1.54, 1.807) is 5.57 Å². The fourth-order valence-corrected chi connectivity index (χ4v) is 3.65. The van der Waals surface area contributed by atoms with E-state index in [1.165, 1.54) is 27.9 Å². The molecular weight excluding hydrogens is 228 g/mol. The molecule has 0 aromatic rings. The topological polar surface area (TPSA) is 0 Å². The van der Waals surface area contributed by atoms with Crippen molar-refractivity contribution in [2.75, 3.05) is 0 Å². The van der Waals surface area contributed by atoms with Gasteiger partial charge in [0, 0.05) is 5.92 Å². The van der Waals surface area contributed by atoms with E-state index in [2.05, 4.69) is 62.5 Å². The van der Waals surface area contributed by atoms with Gasteiger partial charge >= 0.3 is 0 Å². The van der Waals surface area contributed by atoms with Crippen molar-refractivity contribution in [2.45, 2.75) is 20.3 Å². The molecular formula is C19H18. The fourth-order valence-electron chi connectivity index (χ4n) is 3.65. The van der Waals surface area contributed by atoms with Crippen LogP contribution in [0.3, 0.4) is 0 Å². The maximum atomic E-state index is 2.36. The largest absolute Gasteiger partial charge is 0.0795 e. The van der Waals surface area contributed by atoms with Crippen molar-refractivity contribution >= 4 is 0 Å². The second-order valence-electron chi connectivity index (χ2n) is 6.00. The van der Waals surface area contributed by atoms with Crippen molar-refractivity contribution in [1.82, 2.24) is 0 Å². The molecule has 0 nitrogen and oxygen atoms in total. The molecule has 0 heteroatoms. The minimum atomic E-state index is 0.493. The lowest BCUT2D eigenvalue weighted by Crippen LogP contribution is -2.22. The molecule has 1 atom stereocenters. The molecule has 0 radical (unpaired) electrons. The van der Waals surface area contributed by atoms with E-state index in [-0.39, 0.29) is 0 Å². The van der Waals surface area contributed by atoms with Crippen molar-refractivity contribution in [1.29, 1.82) is 0 Å². The number of hydrogen-bond acceptors (Lipinski definition) is 0. The Balaban J connectivity index is 1.98. The predicted octanol–water partition coefficient (Wildman–Crippen LogP) is 4.82. The maximum Gasteiger partial charge on any atom is 0.0351 e. The van der Waals surface area contributed by atoms with E-state index in [9.17, 15) is 0 Å². The van der Waals surface area contributed by atoms with Crippen LogP contribution in [0.5, 0.6) is 0 Å². The van der Waals surface area contributed by atoms with Gasteiger partial charge in [-0.25, -0.2) is 0 Å². The van der Waals surface area contributed by atoms with Crippen LogP contribution in [0.1, 0.15) is 20.3 Å². The average molecular weight is 246 g/mol. The van der Waals surface area contributed by atoms with E-state index < -0.39 is 0 Å². The van der Waals surface area contributed by atoms with E-state index in [4.69, 9.17) is 0 Å². The van der Waals surface area contributed by atoms with Crippen LogP contribution >= 0.6 is 0 Å². The van der Waals surface area contributed by atoms with Gasteiger partial charge in [0.05, 0.1) is 0 Å². The first-order valence-corrected chi connectivity index (χ1v) is 7.18. The highest BCUT2D eigenvalue weighted by Gasteiger charge is 2.33. The van der Waals surface area contributed by atoms with Crippen LogP contribution in [0.15, 0.2) is 82.0 Å². The molecule has 0 saturated carbocycles. The van der Waals surface area contributed by atoms with E-state index >= 15 is 0 Å². The highest BCUT2D eigenvalue weighted by atomic mass is 14.4. The van der Waals surface area contributed by atoms with Crippen LogP contribution in [0, 0.1) is 11.8 Å². The first kappa shape index (κ1) is 11.0. The SMILES string of the molecule is CC(C)C1=C2C=CC3=C4C(=CC=C(C=C1)C24)C=CC3. The Bertz CT molecular complexity index is 667. The molecule has 4 aliphatic carbocycles. The molecule has 1 unspecified atom stereocenters. The lowest BCUT2D eigenvalue weighted by Gasteiger charge is -2.37.